The minimum atomic E-state index is 0.855. The van der Waals surface area contributed by atoms with Crippen LogP contribution in [0.4, 0.5) is 0 Å². The fourth-order valence-electron chi connectivity index (χ4n) is 1.45. The van der Waals surface area contributed by atoms with E-state index in [2.05, 4.69) is 19.1 Å². The Bertz CT molecular complexity index is 243. The summed E-state index contributed by atoms with van der Waals surface area (Å²) >= 11 is 5.88. The zero-order valence-corrected chi connectivity index (χ0v) is 8.98. The zero-order valence-electron chi connectivity index (χ0n) is 8.22. The van der Waals surface area contributed by atoms with Crippen LogP contribution in [0.1, 0.15) is 38.2 Å². The third kappa shape index (κ3) is 4.33. The van der Waals surface area contributed by atoms with E-state index in [0.29, 0.717) is 0 Å². The van der Waals surface area contributed by atoms with E-state index in [1.54, 1.807) is 0 Å². The number of rotatable bonds is 5. The molecule has 0 spiro atoms. The minimum absolute atomic E-state index is 0.855. The van der Waals surface area contributed by atoms with E-state index < -0.39 is 0 Å². The molecule has 1 aromatic carbocycles. The van der Waals surface area contributed by atoms with Crippen LogP contribution in [0.15, 0.2) is 24.3 Å². The monoisotopic (exact) mass is 196 g/mol. The van der Waals surface area contributed by atoms with Gasteiger partial charge < -0.3 is 0 Å². The van der Waals surface area contributed by atoms with Gasteiger partial charge in [-0.05, 0) is 30.5 Å². The van der Waals surface area contributed by atoms with Gasteiger partial charge >= 0.3 is 0 Å². The van der Waals surface area contributed by atoms with Crippen molar-refractivity contribution in [3.8, 4) is 0 Å². The molecule has 0 atom stereocenters. The molecule has 0 saturated carbocycles. The third-order valence-corrected chi connectivity index (χ3v) is 2.44. The van der Waals surface area contributed by atoms with Crippen LogP contribution >= 0.6 is 11.6 Å². The maximum absolute atomic E-state index is 5.88. The first-order valence-corrected chi connectivity index (χ1v) is 5.45. The molecule has 0 bridgehead atoms. The molecule has 1 rings (SSSR count). The number of unbranched alkanes of at least 4 members (excludes halogenated alkanes) is 3. The molecule has 0 aromatic heterocycles. The van der Waals surface area contributed by atoms with Gasteiger partial charge in [0.1, 0.15) is 0 Å². The SMILES string of the molecule is CCCCCCc1cccc(Cl)c1. The smallest absolute Gasteiger partial charge is 0.0408 e. The van der Waals surface area contributed by atoms with Gasteiger partial charge in [-0.3, -0.25) is 0 Å². The largest absolute Gasteiger partial charge is 0.0843 e. The van der Waals surface area contributed by atoms with Crippen molar-refractivity contribution < 1.29 is 0 Å². The maximum Gasteiger partial charge on any atom is 0.0408 e. The molecule has 0 saturated heterocycles. The van der Waals surface area contributed by atoms with E-state index in [1.807, 2.05) is 12.1 Å². The van der Waals surface area contributed by atoms with Gasteiger partial charge in [0.2, 0.25) is 0 Å². The Morgan fingerprint density at radius 3 is 2.69 bits per heavy atom. The second-order valence-corrected chi connectivity index (χ2v) is 3.88. The zero-order chi connectivity index (χ0) is 9.52. The van der Waals surface area contributed by atoms with Crippen molar-refractivity contribution in [3.63, 3.8) is 0 Å². The van der Waals surface area contributed by atoms with E-state index in [9.17, 15) is 0 Å². The van der Waals surface area contributed by atoms with E-state index >= 15 is 0 Å². The maximum atomic E-state index is 5.88. The van der Waals surface area contributed by atoms with Gasteiger partial charge in [-0.25, -0.2) is 0 Å². The molecule has 13 heavy (non-hydrogen) atoms. The normalized spacial score (nSPS) is 10.3. The predicted octanol–water partition coefficient (Wildman–Crippen LogP) is 4.46. The summed E-state index contributed by atoms with van der Waals surface area (Å²) in [6, 6.07) is 8.17. The Hall–Kier alpha value is -0.490. The molecule has 1 heteroatoms. The van der Waals surface area contributed by atoms with E-state index in [4.69, 9.17) is 11.6 Å². The summed E-state index contributed by atoms with van der Waals surface area (Å²) in [6.45, 7) is 2.24. The summed E-state index contributed by atoms with van der Waals surface area (Å²) in [5, 5.41) is 0.855. The van der Waals surface area contributed by atoms with Gasteiger partial charge in [0.25, 0.3) is 0 Å². The first-order valence-electron chi connectivity index (χ1n) is 5.07. The van der Waals surface area contributed by atoms with Crippen molar-refractivity contribution in [3.05, 3.63) is 34.9 Å². The molecular formula is C12H17Cl. The van der Waals surface area contributed by atoms with Crippen molar-refractivity contribution in [2.45, 2.75) is 39.0 Å². The van der Waals surface area contributed by atoms with Gasteiger partial charge in [0.05, 0.1) is 0 Å². The van der Waals surface area contributed by atoms with Crippen molar-refractivity contribution >= 4 is 11.6 Å². The van der Waals surface area contributed by atoms with Gasteiger partial charge in [-0.1, -0.05) is 49.9 Å². The highest BCUT2D eigenvalue weighted by Gasteiger charge is 1.93. The molecule has 0 radical (unpaired) electrons. The minimum Gasteiger partial charge on any atom is -0.0843 e. The van der Waals surface area contributed by atoms with Crippen LogP contribution < -0.4 is 0 Å². The summed E-state index contributed by atoms with van der Waals surface area (Å²) in [6.07, 6.45) is 6.44. The van der Waals surface area contributed by atoms with Gasteiger partial charge in [0.15, 0.2) is 0 Å². The van der Waals surface area contributed by atoms with Crippen LogP contribution in [0.25, 0.3) is 0 Å². The second-order valence-electron chi connectivity index (χ2n) is 3.44. The molecule has 0 heterocycles. The lowest BCUT2D eigenvalue weighted by atomic mass is 10.1. The highest BCUT2D eigenvalue weighted by molar-refractivity contribution is 6.30. The van der Waals surface area contributed by atoms with Crippen LogP contribution in [0.2, 0.25) is 5.02 Å². The Morgan fingerprint density at radius 2 is 2.00 bits per heavy atom. The van der Waals surface area contributed by atoms with Crippen LogP contribution in [-0.2, 0) is 6.42 Å². The summed E-state index contributed by atoms with van der Waals surface area (Å²) in [5.41, 5.74) is 1.36. The summed E-state index contributed by atoms with van der Waals surface area (Å²) < 4.78 is 0. The van der Waals surface area contributed by atoms with E-state index in [1.165, 1.54) is 37.7 Å². The Kier molecular flexibility index (Phi) is 4.92. The van der Waals surface area contributed by atoms with E-state index in [0.717, 1.165) is 5.02 Å². The van der Waals surface area contributed by atoms with Crippen LogP contribution in [0.3, 0.4) is 0 Å². The summed E-state index contributed by atoms with van der Waals surface area (Å²) in [4.78, 5) is 0. The number of benzene rings is 1. The number of halogens is 1. The fourth-order valence-corrected chi connectivity index (χ4v) is 1.66. The Balaban J connectivity index is 2.28. The Labute approximate surface area is 85.9 Å². The first kappa shape index (κ1) is 10.6. The third-order valence-electron chi connectivity index (χ3n) is 2.21. The van der Waals surface area contributed by atoms with Gasteiger partial charge in [-0.2, -0.15) is 0 Å². The number of hydrogen-bond acceptors (Lipinski definition) is 0. The first-order chi connectivity index (χ1) is 6.33. The lowest BCUT2D eigenvalue weighted by molar-refractivity contribution is 0.667. The van der Waals surface area contributed by atoms with Crippen LogP contribution in [0.5, 0.6) is 0 Å². The summed E-state index contributed by atoms with van der Waals surface area (Å²) in [7, 11) is 0. The number of aryl methyl sites for hydroxylation is 1. The number of hydrogen-bond donors (Lipinski definition) is 0. The van der Waals surface area contributed by atoms with Crippen molar-refractivity contribution in [1.29, 1.82) is 0 Å². The molecule has 0 N–H and O–H groups in total. The van der Waals surface area contributed by atoms with Gasteiger partial charge in [0, 0.05) is 5.02 Å². The molecule has 0 aliphatic carbocycles. The standard InChI is InChI=1S/C12H17Cl/c1-2-3-4-5-7-11-8-6-9-12(13)10-11/h6,8-10H,2-5,7H2,1H3. The lowest BCUT2D eigenvalue weighted by Crippen LogP contribution is -1.85. The summed E-state index contributed by atoms with van der Waals surface area (Å²) in [5.74, 6) is 0. The quantitative estimate of drug-likeness (QED) is 0.610. The molecule has 0 aliphatic heterocycles. The average Bonchev–Trinajstić information content (AvgIpc) is 2.13. The van der Waals surface area contributed by atoms with Crippen LogP contribution in [-0.4, -0.2) is 0 Å². The van der Waals surface area contributed by atoms with E-state index in [-0.39, 0.29) is 0 Å². The van der Waals surface area contributed by atoms with Crippen molar-refractivity contribution in [2.75, 3.05) is 0 Å². The highest BCUT2D eigenvalue weighted by Crippen LogP contribution is 2.13. The Morgan fingerprint density at radius 1 is 1.15 bits per heavy atom. The van der Waals surface area contributed by atoms with Gasteiger partial charge in [-0.15, -0.1) is 0 Å². The highest BCUT2D eigenvalue weighted by atomic mass is 35.5. The van der Waals surface area contributed by atoms with Crippen molar-refractivity contribution in [2.24, 2.45) is 0 Å². The lowest BCUT2D eigenvalue weighted by Gasteiger charge is -2.01. The molecule has 0 unspecified atom stereocenters. The second kappa shape index (κ2) is 6.04. The molecular weight excluding hydrogens is 180 g/mol. The average molecular weight is 197 g/mol. The molecule has 72 valence electrons. The van der Waals surface area contributed by atoms with Crippen LogP contribution in [0, 0.1) is 0 Å². The molecule has 1 aromatic rings. The molecule has 0 fully saturated rings. The predicted molar refractivity (Wildman–Crippen MR) is 59.3 cm³/mol. The molecule has 0 aliphatic rings. The molecule has 0 amide bonds. The molecule has 0 nitrogen and oxygen atoms in total. The fraction of sp³-hybridized carbons (Fsp3) is 0.500. The van der Waals surface area contributed by atoms with Crippen molar-refractivity contribution in [1.82, 2.24) is 0 Å². The topological polar surface area (TPSA) is 0 Å².